The van der Waals surface area contributed by atoms with Crippen LogP contribution in [0.15, 0.2) is 18.2 Å². The van der Waals surface area contributed by atoms with E-state index in [1.54, 1.807) is 25.3 Å². The van der Waals surface area contributed by atoms with Crippen molar-refractivity contribution in [1.82, 2.24) is 0 Å². The molecule has 0 N–H and O–H groups in total. The number of ether oxygens (including phenoxy) is 2. The minimum Gasteiger partial charge on any atom is -0.493 e. The molecule has 3 nitrogen and oxygen atoms in total. The third-order valence-corrected chi connectivity index (χ3v) is 3.37. The summed E-state index contributed by atoms with van der Waals surface area (Å²) in [5.41, 5.74) is 0.599. The fraction of sp³-hybridized carbons (Fsp3) is 0.588. The molecule has 0 aromatic heterocycles. The van der Waals surface area contributed by atoms with E-state index < -0.39 is 0 Å². The lowest BCUT2D eigenvalue weighted by Gasteiger charge is -2.17. The average molecular weight is 278 g/mol. The van der Waals surface area contributed by atoms with Crippen LogP contribution in [0.1, 0.15) is 62.7 Å². The highest BCUT2D eigenvalue weighted by molar-refractivity contribution is 5.76. The van der Waals surface area contributed by atoms with E-state index >= 15 is 0 Å². The molecule has 0 aliphatic heterocycles. The minimum absolute atomic E-state index is 0.160. The molecular weight excluding hydrogens is 252 g/mol. The first-order valence-electron chi connectivity index (χ1n) is 7.51. The number of carbonyl (C=O) groups excluding carboxylic acids is 1. The van der Waals surface area contributed by atoms with E-state index in [1.807, 2.05) is 0 Å². The molecule has 1 rings (SSSR count). The number of hydrogen-bond acceptors (Lipinski definition) is 3. The zero-order chi connectivity index (χ0) is 14.8. The third kappa shape index (κ3) is 5.64. The van der Waals surface area contributed by atoms with Gasteiger partial charge < -0.3 is 9.47 Å². The van der Waals surface area contributed by atoms with Crippen molar-refractivity contribution >= 4 is 6.29 Å². The number of carbonyl (C=O) groups is 1. The van der Waals surface area contributed by atoms with Gasteiger partial charge in [0.1, 0.15) is 6.29 Å². The Balaban J connectivity index is 2.44. The molecule has 0 aliphatic carbocycles. The molecule has 20 heavy (non-hydrogen) atoms. The molecular formula is C17H26O3. The summed E-state index contributed by atoms with van der Waals surface area (Å²) in [4.78, 5) is 10.7. The molecule has 0 unspecified atom stereocenters. The second kappa shape index (κ2) is 9.40. The van der Waals surface area contributed by atoms with Crippen molar-refractivity contribution in [2.24, 2.45) is 0 Å². The van der Waals surface area contributed by atoms with Crippen LogP contribution in [0.4, 0.5) is 0 Å². The van der Waals surface area contributed by atoms with E-state index in [9.17, 15) is 4.79 Å². The Kier molecular flexibility index (Phi) is 7.78. The molecule has 0 saturated heterocycles. The van der Waals surface area contributed by atoms with Gasteiger partial charge in [0.25, 0.3) is 0 Å². The summed E-state index contributed by atoms with van der Waals surface area (Å²) >= 11 is 0. The standard InChI is InChI=1S/C17H26O3/c1-4-5-6-7-8-9-14(2)20-16-11-10-15(13-18)12-17(16)19-3/h10-14H,4-9H2,1-3H3/t14-/m0/s1. The van der Waals surface area contributed by atoms with Crippen LogP contribution < -0.4 is 9.47 Å². The Morgan fingerprint density at radius 1 is 1.15 bits per heavy atom. The first-order valence-corrected chi connectivity index (χ1v) is 7.51. The molecule has 0 fully saturated rings. The molecule has 3 heteroatoms. The van der Waals surface area contributed by atoms with Crippen LogP contribution >= 0.6 is 0 Å². The van der Waals surface area contributed by atoms with Crippen LogP contribution in [0.3, 0.4) is 0 Å². The van der Waals surface area contributed by atoms with Gasteiger partial charge >= 0.3 is 0 Å². The van der Waals surface area contributed by atoms with E-state index in [0.29, 0.717) is 17.1 Å². The first kappa shape index (κ1) is 16.5. The van der Waals surface area contributed by atoms with Crippen LogP contribution in [0.5, 0.6) is 11.5 Å². The number of hydrogen-bond donors (Lipinski definition) is 0. The van der Waals surface area contributed by atoms with E-state index in [-0.39, 0.29) is 6.10 Å². The molecule has 1 aromatic rings. The zero-order valence-electron chi connectivity index (χ0n) is 12.9. The van der Waals surface area contributed by atoms with Crippen LogP contribution in [0.25, 0.3) is 0 Å². The normalized spacial score (nSPS) is 11.9. The Morgan fingerprint density at radius 3 is 2.55 bits per heavy atom. The van der Waals surface area contributed by atoms with Crippen molar-refractivity contribution in [2.75, 3.05) is 7.11 Å². The maximum Gasteiger partial charge on any atom is 0.161 e. The Hall–Kier alpha value is -1.51. The second-order valence-electron chi connectivity index (χ2n) is 5.16. The topological polar surface area (TPSA) is 35.5 Å². The van der Waals surface area contributed by atoms with Crippen LogP contribution in [0, 0.1) is 0 Å². The van der Waals surface area contributed by atoms with E-state index in [0.717, 1.165) is 12.7 Å². The Labute approximate surface area is 122 Å². The molecule has 112 valence electrons. The van der Waals surface area contributed by atoms with Gasteiger partial charge in [-0.15, -0.1) is 0 Å². The van der Waals surface area contributed by atoms with Gasteiger partial charge in [0.05, 0.1) is 13.2 Å². The summed E-state index contributed by atoms with van der Waals surface area (Å²) in [6.07, 6.45) is 8.36. The fourth-order valence-electron chi connectivity index (χ4n) is 2.17. The van der Waals surface area contributed by atoms with Gasteiger partial charge in [0.15, 0.2) is 11.5 Å². The second-order valence-corrected chi connectivity index (χ2v) is 5.16. The van der Waals surface area contributed by atoms with Crippen LogP contribution in [0.2, 0.25) is 0 Å². The van der Waals surface area contributed by atoms with Crippen molar-refractivity contribution in [1.29, 1.82) is 0 Å². The van der Waals surface area contributed by atoms with E-state index in [4.69, 9.17) is 9.47 Å². The Bertz CT molecular complexity index is 401. The highest BCUT2D eigenvalue weighted by atomic mass is 16.5. The smallest absolute Gasteiger partial charge is 0.161 e. The minimum atomic E-state index is 0.160. The van der Waals surface area contributed by atoms with E-state index in [1.165, 1.54) is 32.1 Å². The molecule has 0 bridgehead atoms. The number of rotatable bonds is 10. The number of aldehydes is 1. The van der Waals surface area contributed by atoms with Crippen molar-refractivity contribution in [3.05, 3.63) is 23.8 Å². The van der Waals surface area contributed by atoms with Crippen molar-refractivity contribution < 1.29 is 14.3 Å². The number of methoxy groups -OCH3 is 1. The van der Waals surface area contributed by atoms with Gasteiger partial charge in [-0.3, -0.25) is 4.79 Å². The summed E-state index contributed by atoms with van der Waals surface area (Å²) in [5, 5.41) is 0. The van der Waals surface area contributed by atoms with Gasteiger partial charge in [-0.05, 0) is 38.0 Å². The molecule has 0 heterocycles. The van der Waals surface area contributed by atoms with Crippen molar-refractivity contribution in [3.63, 3.8) is 0 Å². The SMILES string of the molecule is CCCCCCC[C@H](C)Oc1ccc(C=O)cc1OC. The third-order valence-electron chi connectivity index (χ3n) is 3.37. The van der Waals surface area contributed by atoms with Gasteiger partial charge in [0, 0.05) is 5.56 Å². The fourth-order valence-corrected chi connectivity index (χ4v) is 2.17. The van der Waals surface area contributed by atoms with Crippen LogP contribution in [-0.2, 0) is 0 Å². The summed E-state index contributed by atoms with van der Waals surface area (Å²) in [5.74, 6) is 1.33. The number of benzene rings is 1. The van der Waals surface area contributed by atoms with Gasteiger partial charge in [-0.25, -0.2) is 0 Å². The van der Waals surface area contributed by atoms with Crippen LogP contribution in [-0.4, -0.2) is 19.5 Å². The summed E-state index contributed by atoms with van der Waals surface area (Å²) in [6.45, 7) is 4.30. The van der Waals surface area contributed by atoms with Gasteiger partial charge in [0.2, 0.25) is 0 Å². The number of unbranched alkanes of at least 4 members (excludes halogenated alkanes) is 4. The lowest BCUT2D eigenvalue weighted by atomic mass is 10.1. The lowest BCUT2D eigenvalue weighted by molar-refractivity contribution is 0.112. The Morgan fingerprint density at radius 2 is 1.90 bits per heavy atom. The van der Waals surface area contributed by atoms with Gasteiger partial charge in [-0.2, -0.15) is 0 Å². The quantitative estimate of drug-likeness (QED) is 0.462. The molecule has 0 aliphatic rings. The molecule has 1 aromatic carbocycles. The van der Waals surface area contributed by atoms with Gasteiger partial charge in [-0.1, -0.05) is 32.6 Å². The summed E-state index contributed by atoms with van der Waals surface area (Å²) in [6, 6.07) is 5.26. The van der Waals surface area contributed by atoms with Crippen molar-refractivity contribution in [2.45, 2.75) is 58.5 Å². The highest BCUT2D eigenvalue weighted by Gasteiger charge is 2.09. The predicted octanol–water partition coefficient (Wildman–Crippen LogP) is 4.64. The molecule has 0 radical (unpaired) electrons. The summed E-state index contributed by atoms with van der Waals surface area (Å²) < 4.78 is 11.2. The average Bonchev–Trinajstić information content (AvgIpc) is 2.47. The summed E-state index contributed by atoms with van der Waals surface area (Å²) in [7, 11) is 1.59. The maximum atomic E-state index is 10.7. The molecule has 1 atom stereocenters. The highest BCUT2D eigenvalue weighted by Crippen LogP contribution is 2.29. The predicted molar refractivity (Wildman–Crippen MR) is 81.8 cm³/mol. The molecule has 0 amide bonds. The lowest BCUT2D eigenvalue weighted by Crippen LogP contribution is -2.12. The maximum absolute atomic E-state index is 10.7. The monoisotopic (exact) mass is 278 g/mol. The zero-order valence-corrected chi connectivity index (χ0v) is 12.9. The largest absolute Gasteiger partial charge is 0.493 e. The molecule has 0 spiro atoms. The van der Waals surface area contributed by atoms with E-state index in [2.05, 4.69) is 13.8 Å². The molecule has 0 saturated carbocycles. The first-order chi connectivity index (χ1) is 9.71. The van der Waals surface area contributed by atoms with Crippen molar-refractivity contribution in [3.8, 4) is 11.5 Å².